The third-order valence-electron chi connectivity index (χ3n) is 2.88. The van der Waals surface area contributed by atoms with Crippen molar-refractivity contribution in [3.05, 3.63) is 70.0 Å². The van der Waals surface area contributed by atoms with Crippen LogP contribution in [0.3, 0.4) is 0 Å². The van der Waals surface area contributed by atoms with Crippen molar-refractivity contribution >= 4 is 50.0 Å². The minimum atomic E-state index is -0.228. The Balaban J connectivity index is 1.95. The van der Waals surface area contributed by atoms with Crippen LogP contribution in [0.15, 0.2) is 63.1 Å². The average molecular weight is 375 g/mol. The predicted octanol–water partition coefficient (Wildman–Crippen LogP) is 4.68. The van der Waals surface area contributed by atoms with Crippen LogP contribution in [0, 0.1) is 0 Å². The summed E-state index contributed by atoms with van der Waals surface area (Å²) in [6.07, 6.45) is 4.94. The molecule has 3 aromatic rings. The number of anilines is 1. The van der Waals surface area contributed by atoms with Crippen molar-refractivity contribution in [3.63, 3.8) is 0 Å². The van der Waals surface area contributed by atoms with Crippen molar-refractivity contribution in [2.24, 2.45) is 0 Å². The molecule has 2 aromatic heterocycles. The molecule has 0 radical (unpaired) electrons. The molecule has 110 valence electrons. The lowest BCUT2D eigenvalue weighted by Crippen LogP contribution is -2.13. The molecule has 0 bridgehead atoms. The summed E-state index contributed by atoms with van der Waals surface area (Å²) in [6.45, 7) is 0. The van der Waals surface area contributed by atoms with E-state index in [0.29, 0.717) is 16.5 Å². The molecule has 1 amide bonds. The van der Waals surface area contributed by atoms with Gasteiger partial charge in [-0.3, -0.25) is 10.1 Å². The fraction of sp³-hybridized carbons (Fsp3) is 0. The molecule has 2 heterocycles. The number of carbonyl (C=O) groups excluding carboxylic acids is 1. The van der Waals surface area contributed by atoms with Gasteiger partial charge in [-0.15, -0.1) is 11.3 Å². The Morgan fingerprint density at radius 1 is 1.27 bits per heavy atom. The van der Waals surface area contributed by atoms with Crippen LogP contribution in [-0.2, 0) is 4.79 Å². The van der Waals surface area contributed by atoms with E-state index in [2.05, 4.69) is 26.2 Å². The second-order valence-electron chi connectivity index (χ2n) is 4.37. The molecule has 1 aromatic carbocycles. The fourth-order valence-corrected chi connectivity index (χ4v) is 2.66. The summed E-state index contributed by atoms with van der Waals surface area (Å²) in [4.78, 5) is 16.6. The van der Waals surface area contributed by atoms with Crippen LogP contribution in [-0.4, -0.2) is 10.9 Å². The normalized spacial score (nSPS) is 11.4. The van der Waals surface area contributed by atoms with Gasteiger partial charge in [-0.2, -0.15) is 0 Å². The van der Waals surface area contributed by atoms with Crippen LogP contribution in [0.4, 0.5) is 5.13 Å². The lowest BCUT2D eigenvalue weighted by atomic mass is 10.0. The van der Waals surface area contributed by atoms with E-state index in [4.69, 9.17) is 4.42 Å². The lowest BCUT2D eigenvalue weighted by molar-refractivity contribution is -0.111. The molecule has 0 aliphatic carbocycles. The largest absolute Gasteiger partial charge is 0.465 e. The number of aromatic nitrogens is 1. The van der Waals surface area contributed by atoms with Gasteiger partial charge >= 0.3 is 0 Å². The first-order valence-electron chi connectivity index (χ1n) is 6.44. The number of benzene rings is 1. The molecule has 3 rings (SSSR count). The number of nitrogens with zero attached hydrogens (tertiary/aromatic N) is 1. The van der Waals surface area contributed by atoms with Crippen molar-refractivity contribution in [3.8, 4) is 0 Å². The van der Waals surface area contributed by atoms with Gasteiger partial charge in [0.15, 0.2) is 5.13 Å². The average Bonchev–Trinajstić information content (AvgIpc) is 3.19. The van der Waals surface area contributed by atoms with Gasteiger partial charge in [-0.1, -0.05) is 28.1 Å². The third kappa shape index (κ3) is 3.52. The first-order chi connectivity index (χ1) is 10.7. The van der Waals surface area contributed by atoms with Crippen LogP contribution in [0.2, 0.25) is 0 Å². The molecule has 1 N–H and O–H groups in total. The monoisotopic (exact) mass is 374 g/mol. The van der Waals surface area contributed by atoms with Crippen molar-refractivity contribution in [2.75, 3.05) is 5.32 Å². The van der Waals surface area contributed by atoms with Crippen molar-refractivity contribution in [2.45, 2.75) is 0 Å². The summed E-state index contributed by atoms with van der Waals surface area (Å²) in [5, 5.41) is 5.17. The number of amides is 1. The maximum absolute atomic E-state index is 12.6. The van der Waals surface area contributed by atoms with Gasteiger partial charge in [-0.05, 0) is 35.9 Å². The second kappa shape index (κ2) is 6.72. The van der Waals surface area contributed by atoms with Crippen molar-refractivity contribution in [1.82, 2.24) is 4.98 Å². The summed E-state index contributed by atoms with van der Waals surface area (Å²) in [7, 11) is 0. The maximum atomic E-state index is 12.6. The summed E-state index contributed by atoms with van der Waals surface area (Å²) < 4.78 is 6.27. The van der Waals surface area contributed by atoms with E-state index < -0.39 is 0 Å². The fourth-order valence-electron chi connectivity index (χ4n) is 1.87. The predicted molar refractivity (Wildman–Crippen MR) is 91.5 cm³/mol. The quantitative estimate of drug-likeness (QED) is 0.674. The number of hydrogen-bond donors (Lipinski definition) is 1. The molecule has 0 fully saturated rings. The molecule has 0 unspecified atom stereocenters. The molecular formula is C16H11BrN2O2S. The van der Waals surface area contributed by atoms with E-state index in [1.807, 2.05) is 29.6 Å². The Bertz CT molecular complexity index is 778. The highest BCUT2D eigenvalue weighted by molar-refractivity contribution is 9.10. The molecule has 0 saturated heterocycles. The number of furan rings is 1. The highest BCUT2D eigenvalue weighted by Gasteiger charge is 2.14. The zero-order valence-electron chi connectivity index (χ0n) is 11.3. The number of carbonyl (C=O) groups is 1. The third-order valence-corrected chi connectivity index (χ3v) is 4.10. The minimum absolute atomic E-state index is 0.228. The zero-order valence-corrected chi connectivity index (χ0v) is 13.7. The molecule has 0 atom stereocenters. The second-order valence-corrected chi connectivity index (χ2v) is 6.18. The smallest absolute Gasteiger partial charge is 0.258 e. The molecule has 4 nitrogen and oxygen atoms in total. The van der Waals surface area contributed by atoms with Crippen LogP contribution in [0.5, 0.6) is 0 Å². The highest BCUT2D eigenvalue weighted by atomic mass is 79.9. The number of hydrogen-bond acceptors (Lipinski definition) is 4. The van der Waals surface area contributed by atoms with E-state index in [1.165, 1.54) is 11.3 Å². The van der Waals surface area contributed by atoms with Gasteiger partial charge < -0.3 is 4.42 Å². The first-order valence-corrected chi connectivity index (χ1v) is 8.11. The topological polar surface area (TPSA) is 55.1 Å². The summed E-state index contributed by atoms with van der Waals surface area (Å²) in [5.74, 6) is 0.390. The molecule has 0 aliphatic rings. The van der Waals surface area contributed by atoms with Crippen molar-refractivity contribution in [1.29, 1.82) is 0 Å². The molecule has 6 heteroatoms. The molecule has 0 spiro atoms. The van der Waals surface area contributed by atoms with Gasteiger partial charge in [0.25, 0.3) is 5.91 Å². The van der Waals surface area contributed by atoms with Gasteiger partial charge in [0.2, 0.25) is 0 Å². The van der Waals surface area contributed by atoms with Crippen LogP contribution < -0.4 is 5.32 Å². The molecule has 22 heavy (non-hydrogen) atoms. The zero-order chi connectivity index (χ0) is 15.4. The molecular weight excluding hydrogens is 364 g/mol. The number of nitrogens with one attached hydrogen (secondary N) is 1. The number of halogens is 1. The number of thiazole rings is 1. The van der Waals surface area contributed by atoms with E-state index in [0.717, 1.165) is 10.0 Å². The summed E-state index contributed by atoms with van der Waals surface area (Å²) in [6, 6.07) is 11.1. The first kappa shape index (κ1) is 14.7. The Labute approximate surface area is 139 Å². The Morgan fingerprint density at radius 3 is 2.73 bits per heavy atom. The van der Waals surface area contributed by atoms with Crippen LogP contribution in [0.25, 0.3) is 11.6 Å². The highest BCUT2D eigenvalue weighted by Crippen LogP contribution is 2.23. The van der Waals surface area contributed by atoms with E-state index in [-0.39, 0.29) is 5.91 Å². The minimum Gasteiger partial charge on any atom is -0.465 e. The van der Waals surface area contributed by atoms with E-state index >= 15 is 0 Å². The van der Waals surface area contributed by atoms with Crippen LogP contribution in [0.1, 0.15) is 11.3 Å². The molecule has 0 aliphatic heterocycles. The maximum Gasteiger partial charge on any atom is 0.258 e. The Kier molecular flexibility index (Phi) is 4.50. The Hall–Kier alpha value is -2.18. The van der Waals surface area contributed by atoms with Gasteiger partial charge in [-0.25, -0.2) is 4.98 Å². The lowest BCUT2D eigenvalue weighted by Gasteiger charge is -2.07. The molecule has 0 saturated carbocycles. The van der Waals surface area contributed by atoms with E-state index in [1.54, 1.807) is 30.7 Å². The standard InChI is InChI=1S/C16H11BrN2O2S/c17-12-5-3-11(4-6-12)14(10-13-2-1-8-21-13)15(20)19-16-18-7-9-22-16/h1-10H,(H,18,19,20). The van der Waals surface area contributed by atoms with Gasteiger partial charge in [0, 0.05) is 16.0 Å². The number of rotatable bonds is 4. The summed E-state index contributed by atoms with van der Waals surface area (Å²) in [5.41, 5.74) is 1.31. The summed E-state index contributed by atoms with van der Waals surface area (Å²) >= 11 is 4.77. The SMILES string of the molecule is O=C(Nc1nccs1)C(=Cc1ccco1)c1ccc(Br)cc1. The van der Waals surface area contributed by atoms with Crippen LogP contribution >= 0.6 is 27.3 Å². The Morgan fingerprint density at radius 2 is 2.09 bits per heavy atom. The van der Waals surface area contributed by atoms with E-state index in [9.17, 15) is 4.79 Å². The van der Waals surface area contributed by atoms with Gasteiger partial charge in [0.1, 0.15) is 5.76 Å². The van der Waals surface area contributed by atoms with Gasteiger partial charge in [0.05, 0.1) is 11.8 Å². The van der Waals surface area contributed by atoms with Crippen molar-refractivity contribution < 1.29 is 9.21 Å².